The summed E-state index contributed by atoms with van der Waals surface area (Å²) >= 11 is 0. The molecule has 3 N–H and O–H groups in total. The van der Waals surface area contributed by atoms with E-state index >= 15 is 0 Å². The molecule has 2 aliphatic heterocycles. The Labute approximate surface area is 142 Å². The molecule has 1 unspecified atom stereocenters. The average molecular weight is 325 g/mol. The number of allylic oxidation sites excluding steroid dienone is 4. The van der Waals surface area contributed by atoms with Gasteiger partial charge in [0.25, 0.3) is 0 Å². The van der Waals surface area contributed by atoms with Crippen LogP contribution in [-0.2, 0) is 6.54 Å². The second kappa shape index (κ2) is 6.81. The first-order valence-electron chi connectivity index (χ1n) is 8.87. The third kappa shape index (κ3) is 3.24. The van der Waals surface area contributed by atoms with E-state index in [1.807, 2.05) is 12.3 Å². The van der Waals surface area contributed by atoms with Crippen LogP contribution in [0, 0.1) is 0 Å². The number of fused-ring (bicyclic) bond motifs is 1. The maximum atomic E-state index is 13.3. The molecule has 1 aliphatic carbocycles. The van der Waals surface area contributed by atoms with E-state index in [0.29, 0.717) is 6.04 Å². The Morgan fingerprint density at radius 1 is 1.12 bits per heavy atom. The summed E-state index contributed by atoms with van der Waals surface area (Å²) in [5, 5.41) is 10.5. The molecule has 0 spiro atoms. The van der Waals surface area contributed by atoms with Crippen LogP contribution >= 0.6 is 0 Å². The lowest BCUT2D eigenvalue weighted by Gasteiger charge is -2.28. The van der Waals surface area contributed by atoms with E-state index in [4.69, 9.17) is 0 Å². The van der Waals surface area contributed by atoms with Crippen LogP contribution in [0.3, 0.4) is 0 Å². The first-order chi connectivity index (χ1) is 11.8. The number of hydrogen-bond donors (Lipinski definition) is 3. The molecule has 4 heteroatoms. The zero-order chi connectivity index (χ0) is 16.4. The van der Waals surface area contributed by atoms with Crippen LogP contribution in [0.2, 0.25) is 0 Å². The fraction of sp³-hybridized carbons (Fsp3) is 0.400. The summed E-state index contributed by atoms with van der Waals surface area (Å²) in [4.78, 5) is 0. The Balaban J connectivity index is 1.65. The quantitative estimate of drug-likeness (QED) is 0.791. The molecule has 0 saturated carbocycles. The fourth-order valence-electron chi connectivity index (χ4n) is 3.74. The fourth-order valence-corrected chi connectivity index (χ4v) is 3.74. The summed E-state index contributed by atoms with van der Waals surface area (Å²) in [5.41, 5.74) is 5.10. The van der Waals surface area contributed by atoms with Gasteiger partial charge in [-0.25, -0.2) is 4.39 Å². The molecule has 0 radical (unpaired) electrons. The summed E-state index contributed by atoms with van der Waals surface area (Å²) < 4.78 is 13.3. The first kappa shape index (κ1) is 15.5. The van der Waals surface area contributed by atoms with E-state index in [2.05, 4.69) is 34.2 Å². The molecule has 1 aromatic rings. The van der Waals surface area contributed by atoms with Gasteiger partial charge >= 0.3 is 0 Å². The standard InChI is InChI=1S/C20H24FN3/c21-17-3-1-14(2-4-17)16-11-15-5-8-23-13-19(15)20(12-16)24-18-6-9-22-10-7-18/h1,3-5,8,11-12,14,18,22-24H,2,6-7,9-10,13H2. The molecule has 2 heterocycles. The van der Waals surface area contributed by atoms with Crippen molar-refractivity contribution in [2.24, 2.45) is 0 Å². The van der Waals surface area contributed by atoms with Crippen LogP contribution in [0.4, 0.5) is 10.1 Å². The monoisotopic (exact) mass is 325 g/mol. The number of benzene rings is 1. The van der Waals surface area contributed by atoms with Crippen molar-refractivity contribution in [2.75, 3.05) is 18.4 Å². The zero-order valence-electron chi connectivity index (χ0n) is 13.8. The van der Waals surface area contributed by atoms with Gasteiger partial charge in [0.1, 0.15) is 5.83 Å². The van der Waals surface area contributed by atoms with Crippen LogP contribution in [0.15, 0.2) is 42.4 Å². The third-order valence-corrected chi connectivity index (χ3v) is 5.15. The van der Waals surface area contributed by atoms with Gasteiger partial charge in [0.2, 0.25) is 0 Å². The largest absolute Gasteiger partial charge is 0.387 e. The van der Waals surface area contributed by atoms with Gasteiger partial charge in [-0.1, -0.05) is 12.1 Å². The lowest BCUT2D eigenvalue weighted by atomic mass is 9.88. The summed E-state index contributed by atoms with van der Waals surface area (Å²) in [7, 11) is 0. The Hall–Kier alpha value is -2.07. The minimum atomic E-state index is -0.124. The number of halogens is 1. The van der Waals surface area contributed by atoms with E-state index in [1.54, 1.807) is 12.2 Å². The highest BCUT2D eigenvalue weighted by Gasteiger charge is 2.20. The van der Waals surface area contributed by atoms with Crippen LogP contribution in [0.5, 0.6) is 0 Å². The van der Waals surface area contributed by atoms with Gasteiger partial charge in [-0.15, -0.1) is 0 Å². The molecule has 0 amide bonds. The number of rotatable bonds is 3. The van der Waals surface area contributed by atoms with Crippen molar-refractivity contribution in [1.29, 1.82) is 0 Å². The van der Waals surface area contributed by atoms with Gasteiger partial charge in [0, 0.05) is 29.8 Å². The minimum absolute atomic E-state index is 0.124. The number of nitrogens with one attached hydrogen (secondary N) is 3. The highest BCUT2D eigenvalue weighted by Crippen LogP contribution is 2.34. The van der Waals surface area contributed by atoms with Gasteiger partial charge in [-0.05, 0) is 74.0 Å². The van der Waals surface area contributed by atoms with Crippen LogP contribution in [-0.4, -0.2) is 19.1 Å². The molecule has 1 fully saturated rings. The van der Waals surface area contributed by atoms with E-state index in [0.717, 1.165) is 38.9 Å². The van der Waals surface area contributed by atoms with Crippen LogP contribution in [0.25, 0.3) is 6.08 Å². The summed E-state index contributed by atoms with van der Waals surface area (Å²) in [5.74, 6) is 0.132. The molecule has 126 valence electrons. The summed E-state index contributed by atoms with van der Waals surface area (Å²) in [6, 6.07) is 5.05. The van der Waals surface area contributed by atoms with Crippen LogP contribution < -0.4 is 16.0 Å². The minimum Gasteiger partial charge on any atom is -0.387 e. The second-order valence-corrected chi connectivity index (χ2v) is 6.81. The number of hydrogen-bond acceptors (Lipinski definition) is 3. The lowest BCUT2D eigenvalue weighted by Crippen LogP contribution is -2.35. The van der Waals surface area contributed by atoms with Crippen molar-refractivity contribution in [1.82, 2.24) is 10.6 Å². The molecular formula is C20H24FN3. The molecular weight excluding hydrogens is 301 g/mol. The zero-order valence-corrected chi connectivity index (χ0v) is 13.8. The van der Waals surface area contributed by atoms with Crippen molar-refractivity contribution in [3.05, 3.63) is 59.1 Å². The molecule has 3 nitrogen and oxygen atoms in total. The highest BCUT2D eigenvalue weighted by atomic mass is 19.1. The molecule has 4 rings (SSSR count). The molecule has 0 bridgehead atoms. The normalized spacial score (nSPS) is 23.4. The summed E-state index contributed by atoms with van der Waals surface area (Å²) in [6.45, 7) is 3.01. The maximum Gasteiger partial charge on any atom is 0.118 e. The van der Waals surface area contributed by atoms with Crippen molar-refractivity contribution >= 4 is 11.8 Å². The Morgan fingerprint density at radius 3 is 2.79 bits per heavy atom. The molecule has 24 heavy (non-hydrogen) atoms. The number of piperidine rings is 1. The summed E-state index contributed by atoms with van der Waals surface area (Å²) in [6.07, 6.45) is 12.4. The Morgan fingerprint density at radius 2 is 2.00 bits per heavy atom. The predicted molar refractivity (Wildman–Crippen MR) is 97.5 cm³/mol. The molecule has 3 aliphatic rings. The molecule has 1 atom stereocenters. The van der Waals surface area contributed by atoms with Crippen molar-refractivity contribution in [2.45, 2.75) is 37.8 Å². The van der Waals surface area contributed by atoms with Gasteiger partial charge in [-0.3, -0.25) is 0 Å². The Kier molecular flexibility index (Phi) is 4.39. The van der Waals surface area contributed by atoms with Gasteiger partial charge in [-0.2, -0.15) is 0 Å². The number of anilines is 1. The third-order valence-electron chi connectivity index (χ3n) is 5.15. The van der Waals surface area contributed by atoms with Crippen molar-refractivity contribution in [3.8, 4) is 0 Å². The highest BCUT2D eigenvalue weighted by molar-refractivity contribution is 5.68. The van der Waals surface area contributed by atoms with E-state index in [9.17, 15) is 4.39 Å². The van der Waals surface area contributed by atoms with Gasteiger partial charge in [0.05, 0.1) is 0 Å². The van der Waals surface area contributed by atoms with Gasteiger partial charge < -0.3 is 16.0 Å². The Bertz CT molecular complexity index is 699. The maximum absolute atomic E-state index is 13.3. The first-order valence-corrected chi connectivity index (χ1v) is 8.87. The average Bonchev–Trinajstić information content (AvgIpc) is 2.63. The van der Waals surface area contributed by atoms with Crippen molar-refractivity contribution in [3.63, 3.8) is 0 Å². The van der Waals surface area contributed by atoms with Gasteiger partial charge in [0.15, 0.2) is 0 Å². The van der Waals surface area contributed by atoms with E-state index in [1.165, 1.54) is 22.4 Å². The smallest absolute Gasteiger partial charge is 0.118 e. The molecule has 1 saturated heterocycles. The molecule has 0 aromatic heterocycles. The van der Waals surface area contributed by atoms with Crippen LogP contribution in [0.1, 0.15) is 41.9 Å². The molecule has 1 aromatic carbocycles. The SMILES string of the molecule is FC1=CCC(c2cc3c(c(NC4CCNCC4)c2)CNC=C3)C=C1. The lowest BCUT2D eigenvalue weighted by molar-refractivity contribution is 0.478. The predicted octanol–water partition coefficient (Wildman–Crippen LogP) is 3.82. The van der Waals surface area contributed by atoms with E-state index < -0.39 is 0 Å². The van der Waals surface area contributed by atoms with Crippen molar-refractivity contribution < 1.29 is 4.39 Å². The second-order valence-electron chi connectivity index (χ2n) is 6.81. The topological polar surface area (TPSA) is 36.1 Å². The van der Waals surface area contributed by atoms with E-state index in [-0.39, 0.29) is 11.7 Å².